The Bertz CT molecular complexity index is 706. The molecule has 2 heterocycles. The predicted molar refractivity (Wildman–Crippen MR) is 92.3 cm³/mol. The third-order valence-corrected chi connectivity index (χ3v) is 4.29. The lowest BCUT2D eigenvalue weighted by Gasteiger charge is -2.32. The van der Waals surface area contributed by atoms with Crippen LogP contribution in [-0.2, 0) is 4.79 Å². The molecule has 24 heavy (non-hydrogen) atoms. The van der Waals surface area contributed by atoms with Crippen molar-refractivity contribution in [2.75, 3.05) is 6.54 Å². The van der Waals surface area contributed by atoms with E-state index in [0.717, 1.165) is 24.1 Å². The molecule has 3 rings (SSSR count). The van der Waals surface area contributed by atoms with E-state index in [-0.39, 0.29) is 24.5 Å². The van der Waals surface area contributed by atoms with Crippen LogP contribution in [0, 0.1) is 6.92 Å². The fourth-order valence-corrected chi connectivity index (χ4v) is 2.94. The van der Waals surface area contributed by atoms with Gasteiger partial charge in [0, 0.05) is 6.21 Å². The van der Waals surface area contributed by atoms with Gasteiger partial charge in [-0.25, -0.2) is 9.79 Å². The average molecular weight is 326 g/mol. The zero-order chi connectivity index (χ0) is 17.1. The van der Waals surface area contributed by atoms with Crippen LogP contribution >= 0.6 is 0 Å². The van der Waals surface area contributed by atoms with Crippen LogP contribution in [0.2, 0.25) is 0 Å². The van der Waals surface area contributed by atoms with E-state index in [1.165, 1.54) is 10.5 Å². The van der Waals surface area contributed by atoms with Crippen molar-refractivity contribution in [1.82, 2.24) is 15.5 Å². The second kappa shape index (κ2) is 6.86. The van der Waals surface area contributed by atoms with Crippen molar-refractivity contribution in [3.63, 3.8) is 0 Å². The molecular weight excluding hydrogens is 304 g/mol. The largest absolute Gasteiger partial charge is 0.331 e. The van der Waals surface area contributed by atoms with Crippen molar-refractivity contribution in [3.8, 4) is 0 Å². The van der Waals surface area contributed by atoms with Gasteiger partial charge in [-0.15, -0.1) is 0 Å². The zero-order valence-corrected chi connectivity index (χ0v) is 14.0. The van der Waals surface area contributed by atoms with Gasteiger partial charge in [0.25, 0.3) is 0 Å². The summed E-state index contributed by atoms with van der Waals surface area (Å²) in [4.78, 5) is 30.4. The van der Waals surface area contributed by atoms with Crippen LogP contribution in [0.25, 0.3) is 0 Å². The zero-order valence-electron chi connectivity index (χ0n) is 14.0. The second-order valence-electron chi connectivity index (χ2n) is 6.11. The highest BCUT2D eigenvalue weighted by atomic mass is 16.2. The number of nitrogens with zero attached hydrogens (tertiary/aromatic N) is 2. The maximum atomic E-state index is 12.7. The van der Waals surface area contributed by atoms with E-state index in [2.05, 4.69) is 15.6 Å². The summed E-state index contributed by atoms with van der Waals surface area (Å²) < 4.78 is 0. The molecule has 0 spiro atoms. The first kappa shape index (κ1) is 16.2. The van der Waals surface area contributed by atoms with Gasteiger partial charge in [0.15, 0.2) is 5.82 Å². The highest BCUT2D eigenvalue weighted by Gasteiger charge is 2.31. The van der Waals surface area contributed by atoms with Crippen molar-refractivity contribution in [2.45, 2.75) is 39.2 Å². The van der Waals surface area contributed by atoms with Gasteiger partial charge < -0.3 is 10.6 Å². The summed E-state index contributed by atoms with van der Waals surface area (Å²) in [5.41, 5.74) is 2.96. The summed E-state index contributed by atoms with van der Waals surface area (Å²) in [6.07, 6.45) is 4.02. The van der Waals surface area contributed by atoms with Crippen LogP contribution in [0.1, 0.15) is 43.4 Å². The van der Waals surface area contributed by atoms with Gasteiger partial charge in [0.2, 0.25) is 5.91 Å². The number of benzene rings is 1. The summed E-state index contributed by atoms with van der Waals surface area (Å²) in [5, 5.41) is 5.84. The van der Waals surface area contributed by atoms with Crippen molar-refractivity contribution >= 4 is 18.2 Å². The highest BCUT2D eigenvalue weighted by Crippen LogP contribution is 2.23. The second-order valence-corrected chi connectivity index (χ2v) is 6.11. The number of hydrogen-bond donors (Lipinski definition) is 2. The summed E-state index contributed by atoms with van der Waals surface area (Å²) in [5.74, 6) is 0.376. The summed E-state index contributed by atoms with van der Waals surface area (Å²) >= 11 is 0. The van der Waals surface area contributed by atoms with Gasteiger partial charge in [0.1, 0.15) is 6.54 Å². The molecule has 1 aromatic rings. The van der Waals surface area contributed by atoms with Crippen LogP contribution in [0.5, 0.6) is 0 Å². The Morgan fingerprint density at radius 3 is 2.83 bits per heavy atom. The molecule has 1 atom stereocenters. The van der Waals surface area contributed by atoms with E-state index in [9.17, 15) is 9.59 Å². The molecule has 0 radical (unpaired) electrons. The number of carbonyl (C=O) groups excluding carboxylic acids is 2. The molecule has 0 saturated heterocycles. The monoisotopic (exact) mass is 326 g/mol. The molecular formula is C18H22N4O2. The molecule has 0 aromatic heterocycles. The standard InChI is InChI=1S/C18H22N4O2/c1-3-14(13-8-6-12(2)7-9-13)21-18(24)22-11-16(23)20-15-5-4-10-19-17(15)22/h6-10,14H,3-5,11H2,1-2H3,(H,20,23)(H,21,24). The number of hydrogen-bond acceptors (Lipinski definition) is 3. The minimum atomic E-state index is -0.288. The summed E-state index contributed by atoms with van der Waals surface area (Å²) in [6, 6.07) is 7.73. The van der Waals surface area contributed by atoms with Gasteiger partial charge in [-0.05, 0) is 31.7 Å². The Balaban J connectivity index is 1.78. The molecule has 2 aliphatic rings. The average Bonchev–Trinajstić information content (AvgIpc) is 2.59. The molecule has 6 nitrogen and oxygen atoms in total. The SMILES string of the molecule is CCC(NC(=O)N1CC(=O)NC2=C1N=CCC2)c1ccc(C)cc1. The first-order chi connectivity index (χ1) is 11.6. The van der Waals surface area contributed by atoms with E-state index in [0.29, 0.717) is 12.2 Å². The first-order valence-electron chi connectivity index (χ1n) is 8.28. The predicted octanol–water partition coefficient (Wildman–Crippen LogP) is 2.62. The number of amides is 3. The molecule has 2 N–H and O–H groups in total. The van der Waals surface area contributed by atoms with Gasteiger partial charge in [-0.1, -0.05) is 36.8 Å². The minimum Gasteiger partial charge on any atom is -0.331 e. The van der Waals surface area contributed by atoms with Crippen molar-refractivity contribution in [2.24, 2.45) is 4.99 Å². The maximum absolute atomic E-state index is 12.7. The Labute approximate surface area is 141 Å². The van der Waals surface area contributed by atoms with Crippen LogP contribution < -0.4 is 10.6 Å². The fourth-order valence-electron chi connectivity index (χ4n) is 2.94. The number of carbonyl (C=O) groups is 2. The summed E-state index contributed by atoms with van der Waals surface area (Å²) in [6.45, 7) is 4.05. The van der Waals surface area contributed by atoms with Crippen molar-refractivity contribution in [1.29, 1.82) is 0 Å². The molecule has 2 aliphatic heterocycles. The Morgan fingerprint density at radius 1 is 1.38 bits per heavy atom. The number of aliphatic imine (C=N–C) groups is 1. The normalized spacial score (nSPS) is 18.1. The topological polar surface area (TPSA) is 73.8 Å². The van der Waals surface area contributed by atoms with E-state index in [1.807, 2.05) is 38.1 Å². The molecule has 3 amide bonds. The van der Waals surface area contributed by atoms with Crippen molar-refractivity contribution in [3.05, 3.63) is 46.9 Å². The number of allylic oxidation sites excluding steroid dienone is 1. The van der Waals surface area contributed by atoms with E-state index in [1.54, 1.807) is 6.21 Å². The smallest absolute Gasteiger partial charge is 0.324 e. The number of rotatable bonds is 3. The maximum Gasteiger partial charge on any atom is 0.324 e. The number of nitrogens with one attached hydrogen (secondary N) is 2. The molecule has 0 aliphatic carbocycles. The third kappa shape index (κ3) is 3.32. The van der Waals surface area contributed by atoms with Gasteiger partial charge in [-0.2, -0.15) is 0 Å². The lowest BCUT2D eigenvalue weighted by Crippen LogP contribution is -2.50. The van der Waals surface area contributed by atoms with Gasteiger partial charge in [-0.3, -0.25) is 9.69 Å². The Hall–Kier alpha value is -2.63. The molecule has 1 aromatic carbocycles. The lowest BCUT2D eigenvalue weighted by atomic mass is 10.0. The quantitative estimate of drug-likeness (QED) is 0.896. The Kier molecular flexibility index (Phi) is 4.64. The van der Waals surface area contributed by atoms with Crippen LogP contribution in [0.15, 0.2) is 40.8 Å². The molecule has 0 bridgehead atoms. The molecule has 126 valence electrons. The number of aryl methyl sites for hydroxylation is 1. The van der Waals surface area contributed by atoms with Crippen LogP contribution in [0.3, 0.4) is 0 Å². The lowest BCUT2D eigenvalue weighted by molar-refractivity contribution is -0.121. The Morgan fingerprint density at radius 2 is 2.12 bits per heavy atom. The molecule has 1 unspecified atom stereocenters. The first-order valence-corrected chi connectivity index (χ1v) is 8.28. The van der Waals surface area contributed by atoms with Crippen LogP contribution in [0.4, 0.5) is 4.79 Å². The highest BCUT2D eigenvalue weighted by molar-refractivity contribution is 5.89. The third-order valence-electron chi connectivity index (χ3n) is 4.29. The minimum absolute atomic E-state index is 0.00760. The summed E-state index contributed by atoms with van der Waals surface area (Å²) in [7, 11) is 0. The van der Waals surface area contributed by atoms with Gasteiger partial charge in [0.05, 0.1) is 11.7 Å². The van der Waals surface area contributed by atoms with E-state index < -0.39 is 0 Å². The van der Waals surface area contributed by atoms with E-state index >= 15 is 0 Å². The van der Waals surface area contributed by atoms with E-state index in [4.69, 9.17) is 0 Å². The molecule has 0 saturated carbocycles. The molecule has 0 fully saturated rings. The fraction of sp³-hybridized carbons (Fsp3) is 0.389. The van der Waals surface area contributed by atoms with Crippen molar-refractivity contribution < 1.29 is 9.59 Å². The van der Waals surface area contributed by atoms with Crippen LogP contribution in [-0.4, -0.2) is 29.6 Å². The molecule has 6 heteroatoms. The number of urea groups is 1. The van der Waals surface area contributed by atoms with Gasteiger partial charge >= 0.3 is 6.03 Å².